The summed E-state index contributed by atoms with van der Waals surface area (Å²) < 4.78 is 0. The second-order valence-corrected chi connectivity index (χ2v) is 9.44. The van der Waals surface area contributed by atoms with Crippen LogP contribution in [0.4, 0.5) is 23.5 Å². The molecule has 0 atom stereocenters. The third-order valence-electron chi connectivity index (χ3n) is 6.55. The average Bonchev–Trinajstić information content (AvgIpc) is 3.05. The van der Waals surface area contributed by atoms with Gasteiger partial charge in [0.05, 0.1) is 0 Å². The van der Waals surface area contributed by atoms with Crippen LogP contribution < -0.4 is 50.2 Å². The van der Waals surface area contributed by atoms with Crippen LogP contribution >= 0.6 is 11.6 Å². The first-order valence-corrected chi connectivity index (χ1v) is 12.0. The first-order chi connectivity index (χ1) is 15.5. The Hall–Kier alpha value is -1.32. The molecular weight excluding hydrogens is 449 g/mol. The van der Waals surface area contributed by atoms with Gasteiger partial charge >= 0.3 is 29.6 Å². The number of nitrogens with one attached hydrogen (secondary N) is 2. The minimum Gasteiger partial charge on any atom is -0.871 e. The number of likely N-dealkylation sites (tertiary alicyclic amines) is 1. The summed E-state index contributed by atoms with van der Waals surface area (Å²) in [7, 11) is 4.22. The summed E-state index contributed by atoms with van der Waals surface area (Å²) in [6.07, 6.45) is 9.48. The zero-order valence-corrected chi connectivity index (χ0v) is 22.7. The zero-order chi connectivity index (χ0) is 22.5. The van der Waals surface area contributed by atoms with Crippen LogP contribution in [0.5, 0.6) is 5.75 Å². The van der Waals surface area contributed by atoms with E-state index in [1.54, 1.807) is 12.1 Å². The van der Waals surface area contributed by atoms with E-state index in [4.69, 9.17) is 21.6 Å². The van der Waals surface area contributed by atoms with Gasteiger partial charge in [-0.25, -0.2) is 0 Å². The molecule has 0 radical (unpaired) electrons. The van der Waals surface area contributed by atoms with Gasteiger partial charge in [0.15, 0.2) is 0 Å². The van der Waals surface area contributed by atoms with Crippen LogP contribution in [0.2, 0.25) is 5.02 Å². The van der Waals surface area contributed by atoms with Crippen molar-refractivity contribution in [3.63, 3.8) is 0 Å². The fourth-order valence-electron chi connectivity index (χ4n) is 4.50. The van der Waals surface area contributed by atoms with Crippen LogP contribution in [0.1, 0.15) is 51.4 Å². The number of anilines is 4. The van der Waals surface area contributed by atoms with E-state index in [1.165, 1.54) is 31.7 Å². The molecule has 33 heavy (non-hydrogen) atoms. The summed E-state index contributed by atoms with van der Waals surface area (Å²) in [5, 5.41) is 18.6. The molecule has 8 nitrogen and oxygen atoms in total. The van der Waals surface area contributed by atoms with Gasteiger partial charge < -0.3 is 25.5 Å². The first kappa shape index (κ1) is 26.3. The summed E-state index contributed by atoms with van der Waals surface area (Å²) >= 11 is 6.02. The average molecular weight is 482 g/mol. The number of hydrogen-bond acceptors (Lipinski definition) is 8. The van der Waals surface area contributed by atoms with Crippen molar-refractivity contribution in [3.8, 4) is 5.75 Å². The van der Waals surface area contributed by atoms with Crippen molar-refractivity contribution >= 4 is 35.1 Å². The SMILES string of the molecule is CN1CCC(N(C)c2nc(Nc3ccc([O-])c(Cl)c3)nc(NC3CCCCCC3)n2)CC1.[Na+]. The molecule has 4 rings (SSSR count). The van der Waals surface area contributed by atoms with Gasteiger partial charge in [-0.1, -0.05) is 49.1 Å². The molecule has 2 heterocycles. The largest absolute Gasteiger partial charge is 1.00 e. The second kappa shape index (κ2) is 12.4. The number of aromatic nitrogens is 3. The molecule has 1 saturated carbocycles. The topological polar surface area (TPSA) is 92.3 Å². The first-order valence-electron chi connectivity index (χ1n) is 11.7. The summed E-state index contributed by atoms with van der Waals surface area (Å²) in [4.78, 5) is 18.7. The molecule has 1 saturated heterocycles. The second-order valence-electron chi connectivity index (χ2n) is 9.03. The molecule has 0 amide bonds. The minimum absolute atomic E-state index is 0. The molecule has 2 N–H and O–H groups in total. The van der Waals surface area contributed by atoms with Crippen LogP contribution in [0, 0.1) is 0 Å². The number of benzene rings is 1. The van der Waals surface area contributed by atoms with Crippen molar-refractivity contribution in [3.05, 3.63) is 23.2 Å². The number of rotatable bonds is 6. The third-order valence-corrected chi connectivity index (χ3v) is 6.85. The summed E-state index contributed by atoms with van der Waals surface area (Å²) in [5.41, 5.74) is 0.675. The van der Waals surface area contributed by atoms with E-state index in [2.05, 4.69) is 39.5 Å². The molecule has 2 aliphatic rings. The number of nitrogens with zero attached hydrogens (tertiary/aromatic N) is 5. The van der Waals surface area contributed by atoms with Gasteiger partial charge in [-0.15, -0.1) is 0 Å². The van der Waals surface area contributed by atoms with Crippen LogP contribution in [0.3, 0.4) is 0 Å². The predicted octanol–water partition coefficient (Wildman–Crippen LogP) is 1.01. The quantitative estimate of drug-likeness (QED) is 0.466. The van der Waals surface area contributed by atoms with Crippen molar-refractivity contribution in [2.75, 3.05) is 42.7 Å². The number of piperidine rings is 1. The normalized spacial score (nSPS) is 18.3. The van der Waals surface area contributed by atoms with Crippen molar-refractivity contribution in [2.24, 2.45) is 0 Å². The zero-order valence-electron chi connectivity index (χ0n) is 20.0. The van der Waals surface area contributed by atoms with Gasteiger partial charge in [-0.3, -0.25) is 0 Å². The monoisotopic (exact) mass is 481 g/mol. The number of halogens is 1. The Bertz CT molecular complexity index is 902. The fourth-order valence-corrected chi connectivity index (χ4v) is 4.68. The standard InChI is InChI=1S/C23H34ClN7O.Na/c1-30-13-11-18(12-14-30)31(2)23-28-21(25-16-7-5-3-4-6-8-16)27-22(29-23)26-17-9-10-20(32)19(24)15-17;/h9-10,15-16,18,32H,3-8,11-14H2,1-2H3,(H2,25,26,27,28,29);/q;+1/p-1. The molecule has 1 aromatic heterocycles. The molecule has 2 fully saturated rings. The maximum Gasteiger partial charge on any atom is 1.00 e. The maximum atomic E-state index is 11.6. The Morgan fingerprint density at radius 2 is 1.67 bits per heavy atom. The van der Waals surface area contributed by atoms with E-state index >= 15 is 0 Å². The predicted molar refractivity (Wildman–Crippen MR) is 128 cm³/mol. The van der Waals surface area contributed by atoms with Crippen LogP contribution in [0.25, 0.3) is 0 Å². The Kier molecular flexibility index (Phi) is 9.88. The Labute approximate surface area is 223 Å². The molecule has 10 heteroatoms. The molecule has 0 unspecified atom stereocenters. The van der Waals surface area contributed by atoms with Crippen molar-refractivity contribution < 1.29 is 34.7 Å². The number of hydrogen-bond donors (Lipinski definition) is 2. The van der Waals surface area contributed by atoms with E-state index in [9.17, 15) is 5.11 Å². The minimum atomic E-state index is -0.203. The van der Waals surface area contributed by atoms with Gasteiger partial charge in [-0.05, 0) is 58.0 Å². The smallest absolute Gasteiger partial charge is 0.871 e. The molecule has 1 aliphatic heterocycles. The molecule has 174 valence electrons. The van der Waals surface area contributed by atoms with Gasteiger partial charge in [0.2, 0.25) is 17.8 Å². The molecule has 0 spiro atoms. The summed E-state index contributed by atoms with van der Waals surface area (Å²) in [5.74, 6) is 1.49. The van der Waals surface area contributed by atoms with Gasteiger partial charge in [0.1, 0.15) is 0 Å². The van der Waals surface area contributed by atoms with Gasteiger partial charge in [-0.2, -0.15) is 15.0 Å². The third kappa shape index (κ3) is 7.33. The van der Waals surface area contributed by atoms with Crippen LogP contribution in [-0.4, -0.2) is 59.1 Å². The van der Waals surface area contributed by atoms with Gasteiger partial charge in [0, 0.05) is 29.8 Å². The van der Waals surface area contributed by atoms with E-state index < -0.39 is 0 Å². The fraction of sp³-hybridized carbons (Fsp3) is 0.609. The van der Waals surface area contributed by atoms with E-state index in [-0.39, 0.29) is 40.3 Å². The van der Waals surface area contributed by atoms with Crippen LogP contribution in [0.15, 0.2) is 18.2 Å². The van der Waals surface area contributed by atoms with E-state index in [0.717, 1.165) is 38.8 Å². The molecule has 2 aromatic rings. The Morgan fingerprint density at radius 3 is 2.33 bits per heavy atom. The molecule has 1 aromatic carbocycles. The van der Waals surface area contributed by atoms with Crippen LogP contribution in [-0.2, 0) is 0 Å². The maximum absolute atomic E-state index is 11.6. The van der Waals surface area contributed by atoms with Crippen molar-refractivity contribution in [1.82, 2.24) is 19.9 Å². The Morgan fingerprint density at radius 1 is 1.00 bits per heavy atom. The van der Waals surface area contributed by atoms with E-state index in [1.807, 2.05) is 0 Å². The summed E-state index contributed by atoms with van der Waals surface area (Å²) in [6.45, 7) is 2.14. The molecular formula is C23H33ClN7NaO. The Balaban J connectivity index is 0.00000306. The molecule has 0 bridgehead atoms. The van der Waals surface area contributed by atoms with Crippen molar-refractivity contribution in [1.29, 1.82) is 0 Å². The van der Waals surface area contributed by atoms with E-state index in [0.29, 0.717) is 35.6 Å². The van der Waals surface area contributed by atoms with Gasteiger partial charge in [0.25, 0.3) is 0 Å². The van der Waals surface area contributed by atoms with Crippen molar-refractivity contribution in [2.45, 2.75) is 63.5 Å². The molecule has 1 aliphatic carbocycles. The summed E-state index contributed by atoms with van der Waals surface area (Å²) in [6, 6.07) is 5.51.